The molecule has 1 atom stereocenters. The molecule has 8 nitrogen and oxygen atoms in total. The molecule has 0 fully saturated rings. The summed E-state index contributed by atoms with van der Waals surface area (Å²) >= 11 is 6.34. The maximum atomic E-state index is 13.1. The molecule has 1 amide bonds. The molecule has 0 spiro atoms. The summed E-state index contributed by atoms with van der Waals surface area (Å²) in [7, 11) is 0. The first-order valence-electron chi connectivity index (χ1n) is 11.0. The Bertz CT molecular complexity index is 1440. The summed E-state index contributed by atoms with van der Waals surface area (Å²) in [6.45, 7) is 0.288. The third kappa shape index (κ3) is 4.87. The number of hydrogen-bond acceptors (Lipinski definition) is 5. The van der Waals surface area contributed by atoms with Crippen molar-refractivity contribution in [3.8, 4) is 28.5 Å². The molecule has 36 heavy (non-hydrogen) atoms. The number of aliphatic carboxylic acids is 1. The van der Waals surface area contributed by atoms with Crippen molar-refractivity contribution in [2.24, 2.45) is 0 Å². The molecule has 2 heterocycles. The third-order valence-electron chi connectivity index (χ3n) is 5.72. The largest absolute Gasteiger partial charge is 0.493 e. The number of benzene rings is 3. The summed E-state index contributed by atoms with van der Waals surface area (Å²) < 4.78 is 24.6. The fourth-order valence-electron chi connectivity index (χ4n) is 3.88. The van der Waals surface area contributed by atoms with E-state index in [1.807, 2.05) is 0 Å². The summed E-state index contributed by atoms with van der Waals surface area (Å²) in [6, 6.07) is 17.1. The molecule has 1 aromatic heterocycles. The van der Waals surface area contributed by atoms with E-state index in [0.29, 0.717) is 46.3 Å². The van der Waals surface area contributed by atoms with E-state index in [9.17, 15) is 19.1 Å². The number of anilines is 1. The van der Waals surface area contributed by atoms with E-state index in [1.54, 1.807) is 54.6 Å². The summed E-state index contributed by atoms with van der Waals surface area (Å²) in [5.74, 6) is -0.852. The average molecular weight is 508 g/mol. The van der Waals surface area contributed by atoms with Crippen LogP contribution in [0.1, 0.15) is 28.3 Å². The molecule has 1 aliphatic rings. The molecular formula is C26H19ClFN3O5. The van der Waals surface area contributed by atoms with Crippen LogP contribution in [0.3, 0.4) is 0 Å². The van der Waals surface area contributed by atoms with Crippen LogP contribution in [0, 0.1) is 5.82 Å². The topological polar surface area (TPSA) is 114 Å². The number of carbonyl (C=O) groups is 2. The van der Waals surface area contributed by atoms with Gasteiger partial charge in [-0.15, -0.1) is 0 Å². The lowest BCUT2D eigenvalue weighted by Crippen LogP contribution is -2.20. The number of aromatic nitrogens is 2. The molecule has 0 bridgehead atoms. The second-order valence-electron chi connectivity index (χ2n) is 8.10. The zero-order valence-corrected chi connectivity index (χ0v) is 19.4. The second-order valence-corrected chi connectivity index (χ2v) is 8.51. The number of halogens is 2. The highest BCUT2D eigenvalue weighted by atomic mass is 35.5. The highest BCUT2D eigenvalue weighted by Crippen LogP contribution is 2.41. The van der Waals surface area contributed by atoms with Gasteiger partial charge in [-0.25, -0.2) is 4.39 Å². The molecule has 4 aromatic rings. The maximum absolute atomic E-state index is 13.1. The minimum absolute atomic E-state index is 0.253. The van der Waals surface area contributed by atoms with Crippen molar-refractivity contribution in [3.05, 3.63) is 88.7 Å². The normalized spacial score (nSPS) is 14.4. The highest BCUT2D eigenvalue weighted by Gasteiger charge is 2.29. The lowest BCUT2D eigenvalue weighted by molar-refractivity contribution is -0.139. The van der Waals surface area contributed by atoms with Crippen LogP contribution in [0.5, 0.6) is 17.2 Å². The highest BCUT2D eigenvalue weighted by molar-refractivity contribution is 6.32. The van der Waals surface area contributed by atoms with E-state index in [0.717, 1.165) is 5.56 Å². The molecule has 1 unspecified atom stereocenters. The first-order valence-corrected chi connectivity index (χ1v) is 11.3. The fourth-order valence-corrected chi connectivity index (χ4v) is 4.09. The molecule has 0 aliphatic carbocycles. The summed E-state index contributed by atoms with van der Waals surface area (Å²) in [5.41, 5.74) is 2.25. The minimum Gasteiger partial charge on any atom is -0.493 e. The zero-order valence-electron chi connectivity index (χ0n) is 18.6. The SMILES string of the molecule is O=C(Nc1cc(-c2ccc(F)cc2)[nH]n1)c1ccc(Oc2cc3c(cc2Cl)C(C(=O)O)CCO3)cc1. The van der Waals surface area contributed by atoms with Gasteiger partial charge in [-0.3, -0.25) is 14.7 Å². The van der Waals surface area contributed by atoms with Crippen molar-refractivity contribution < 1.29 is 28.6 Å². The lowest BCUT2D eigenvalue weighted by atomic mass is 9.93. The number of carboxylic acid groups (broad SMARTS) is 1. The smallest absolute Gasteiger partial charge is 0.311 e. The predicted molar refractivity (Wildman–Crippen MR) is 130 cm³/mol. The Labute approximate surface area is 209 Å². The van der Waals surface area contributed by atoms with Crippen LogP contribution in [0.2, 0.25) is 5.02 Å². The van der Waals surface area contributed by atoms with Crippen LogP contribution >= 0.6 is 11.6 Å². The third-order valence-corrected chi connectivity index (χ3v) is 6.02. The number of amides is 1. The van der Waals surface area contributed by atoms with Crippen LogP contribution in [0.4, 0.5) is 10.2 Å². The van der Waals surface area contributed by atoms with Gasteiger partial charge in [0.15, 0.2) is 5.82 Å². The number of nitrogens with one attached hydrogen (secondary N) is 2. The summed E-state index contributed by atoms with van der Waals surface area (Å²) in [5, 5.41) is 19.3. The van der Waals surface area contributed by atoms with Crippen LogP contribution in [0.25, 0.3) is 11.3 Å². The van der Waals surface area contributed by atoms with Gasteiger partial charge in [0.2, 0.25) is 0 Å². The average Bonchev–Trinajstić information content (AvgIpc) is 3.33. The Morgan fingerprint density at radius 3 is 2.58 bits per heavy atom. The minimum atomic E-state index is -0.931. The number of carbonyl (C=O) groups excluding carboxylic acids is 1. The first-order chi connectivity index (χ1) is 17.4. The zero-order chi connectivity index (χ0) is 25.2. The summed E-state index contributed by atoms with van der Waals surface area (Å²) in [6.07, 6.45) is 0.369. The van der Waals surface area contributed by atoms with E-state index in [-0.39, 0.29) is 23.4 Å². The Hall–Kier alpha value is -4.37. The van der Waals surface area contributed by atoms with Gasteiger partial charge < -0.3 is 19.9 Å². The van der Waals surface area contributed by atoms with Gasteiger partial charge in [0, 0.05) is 23.3 Å². The van der Waals surface area contributed by atoms with Crippen LogP contribution in [0.15, 0.2) is 66.7 Å². The number of ether oxygens (including phenoxy) is 2. The molecule has 3 aromatic carbocycles. The van der Waals surface area contributed by atoms with Crippen LogP contribution in [-0.2, 0) is 4.79 Å². The van der Waals surface area contributed by atoms with Crippen molar-refractivity contribution in [1.82, 2.24) is 10.2 Å². The van der Waals surface area contributed by atoms with E-state index in [1.165, 1.54) is 12.1 Å². The van der Waals surface area contributed by atoms with Gasteiger partial charge in [-0.2, -0.15) is 5.10 Å². The Morgan fingerprint density at radius 2 is 1.86 bits per heavy atom. The van der Waals surface area contributed by atoms with Gasteiger partial charge in [0.25, 0.3) is 5.91 Å². The molecular weight excluding hydrogens is 489 g/mol. The predicted octanol–water partition coefficient (Wildman–Crippen LogP) is 5.86. The lowest BCUT2D eigenvalue weighted by Gasteiger charge is -2.24. The van der Waals surface area contributed by atoms with Crippen molar-refractivity contribution in [2.75, 3.05) is 11.9 Å². The second kappa shape index (κ2) is 9.71. The van der Waals surface area contributed by atoms with Crippen molar-refractivity contribution in [3.63, 3.8) is 0 Å². The standard InChI is InChI=1S/C26H19ClFN3O5/c27-20-11-19-18(26(33)34)9-10-35-22(19)13-23(20)36-17-7-3-15(4-8-17)25(32)29-24-12-21(30-31-24)14-1-5-16(28)6-2-14/h1-8,11-13,18H,9-10H2,(H,33,34)(H2,29,30,31,32). The van der Waals surface area contributed by atoms with Crippen molar-refractivity contribution >= 4 is 29.3 Å². The molecule has 0 radical (unpaired) electrons. The van der Waals surface area contributed by atoms with Crippen LogP contribution in [-0.4, -0.2) is 33.8 Å². The fraction of sp³-hybridized carbons (Fsp3) is 0.115. The number of rotatable bonds is 6. The van der Waals surface area contributed by atoms with Crippen molar-refractivity contribution in [1.29, 1.82) is 0 Å². The maximum Gasteiger partial charge on any atom is 0.311 e. The Morgan fingerprint density at radius 1 is 1.11 bits per heavy atom. The van der Waals surface area contributed by atoms with E-state index < -0.39 is 11.9 Å². The number of fused-ring (bicyclic) bond motifs is 1. The molecule has 0 saturated heterocycles. The van der Waals surface area contributed by atoms with E-state index >= 15 is 0 Å². The van der Waals surface area contributed by atoms with Gasteiger partial charge in [-0.1, -0.05) is 11.6 Å². The first kappa shape index (κ1) is 23.4. The summed E-state index contributed by atoms with van der Waals surface area (Å²) in [4.78, 5) is 24.1. The number of hydrogen-bond donors (Lipinski definition) is 3. The van der Waals surface area contributed by atoms with E-state index in [4.69, 9.17) is 21.1 Å². The van der Waals surface area contributed by atoms with Crippen LogP contribution < -0.4 is 14.8 Å². The van der Waals surface area contributed by atoms with E-state index in [2.05, 4.69) is 15.5 Å². The molecule has 5 rings (SSSR count). The van der Waals surface area contributed by atoms with Gasteiger partial charge in [0.1, 0.15) is 23.1 Å². The Kier molecular flexibility index (Phi) is 6.30. The van der Waals surface area contributed by atoms with Crippen molar-refractivity contribution in [2.45, 2.75) is 12.3 Å². The number of aromatic amines is 1. The number of H-pyrrole nitrogens is 1. The number of carboxylic acids is 1. The van der Waals surface area contributed by atoms with Gasteiger partial charge in [-0.05, 0) is 66.6 Å². The Balaban J connectivity index is 1.26. The molecule has 10 heteroatoms. The monoisotopic (exact) mass is 507 g/mol. The molecule has 1 aliphatic heterocycles. The van der Waals surface area contributed by atoms with Gasteiger partial charge >= 0.3 is 5.97 Å². The van der Waals surface area contributed by atoms with Gasteiger partial charge in [0.05, 0.1) is 23.2 Å². The molecule has 182 valence electrons. The number of nitrogens with zero attached hydrogens (tertiary/aromatic N) is 1. The quantitative estimate of drug-likeness (QED) is 0.301. The molecule has 0 saturated carbocycles. The molecule has 3 N–H and O–H groups in total.